The molecule has 0 aliphatic rings. The third-order valence-electron chi connectivity index (χ3n) is 2.82. The fraction of sp³-hybridized carbons (Fsp3) is 0.846. The van der Waals surface area contributed by atoms with Crippen molar-refractivity contribution in [2.75, 3.05) is 53.1 Å². The smallest absolute Gasteiger partial charge is 0.387 e. The van der Waals surface area contributed by atoms with Gasteiger partial charge in [-0.1, -0.05) is 0 Å². The van der Waals surface area contributed by atoms with Gasteiger partial charge < -0.3 is 22.4 Å². The molecular weight excluding hydrogens is 352 g/mol. The predicted octanol–water partition coefficient (Wildman–Crippen LogP) is 0.788. The molecule has 0 aromatic heterocycles. The highest BCUT2D eigenvalue weighted by molar-refractivity contribution is 6.67. The van der Waals surface area contributed by atoms with Crippen LogP contribution in [0.1, 0.15) is 13.8 Å². The molecule has 0 rings (SSSR count). The molecule has 140 valence electrons. The zero-order valence-corrected chi connectivity index (χ0v) is 17.3. The number of hydrogen-bond acceptors (Lipinski definition) is 9. The molecule has 0 aliphatic carbocycles. The van der Waals surface area contributed by atoms with Crippen molar-refractivity contribution < 1.29 is 32.0 Å². The molecule has 0 radical (unpaired) electrons. The van der Waals surface area contributed by atoms with Crippen molar-refractivity contribution >= 4 is 29.3 Å². The normalized spacial score (nSPS) is 10.9. The predicted molar refractivity (Wildman–Crippen MR) is 92.5 cm³/mol. The first-order valence-electron chi connectivity index (χ1n) is 7.37. The number of carbonyl (C=O) groups excluding carboxylic acids is 2. The number of nitrogens with zero attached hydrogens (tertiary/aromatic N) is 2. The van der Waals surface area contributed by atoms with Crippen molar-refractivity contribution in [1.29, 1.82) is 0 Å². The van der Waals surface area contributed by atoms with Gasteiger partial charge in [-0.05, 0) is 20.4 Å². The van der Waals surface area contributed by atoms with Crippen LogP contribution in [-0.4, -0.2) is 82.4 Å². The summed E-state index contributed by atoms with van der Waals surface area (Å²) in [4.78, 5) is 26.7. The minimum atomic E-state index is -2.42. The van der Waals surface area contributed by atoms with E-state index in [1.807, 2.05) is 20.4 Å². The number of methoxy groups -OCH3 is 1. The molecule has 0 bridgehead atoms. The van der Waals surface area contributed by atoms with E-state index in [0.29, 0.717) is 25.6 Å². The van der Waals surface area contributed by atoms with Crippen LogP contribution in [0.25, 0.3) is 0 Å². The van der Waals surface area contributed by atoms with Crippen molar-refractivity contribution in [3.05, 3.63) is 0 Å². The Kier molecular flexibility index (Phi) is 16.3. The van der Waals surface area contributed by atoms with Gasteiger partial charge in [-0.2, -0.15) is 0 Å². The number of isocyanates is 2. The maximum absolute atomic E-state index is 9.88. The first-order chi connectivity index (χ1) is 11.4. The van der Waals surface area contributed by atoms with Gasteiger partial charge in [-0.3, -0.25) is 0 Å². The Balaban J connectivity index is 0. The summed E-state index contributed by atoms with van der Waals surface area (Å²) in [6.07, 6.45) is 3.84. The summed E-state index contributed by atoms with van der Waals surface area (Å²) in [6, 6.07) is 0. The van der Waals surface area contributed by atoms with Crippen LogP contribution in [0.3, 0.4) is 0 Å². The molecule has 0 amide bonds. The van der Waals surface area contributed by atoms with Crippen molar-refractivity contribution in [2.24, 2.45) is 9.98 Å². The zero-order chi connectivity index (χ0) is 18.9. The summed E-state index contributed by atoms with van der Waals surface area (Å²) in [5, 5.41) is 0. The van der Waals surface area contributed by atoms with Gasteiger partial charge in [-0.25, -0.2) is 19.6 Å². The average molecular weight is 381 g/mol. The van der Waals surface area contributed by atoms with E-state index in [1.54, 1.807) is 7.11 Å². The zero-order valence-electron chi connectivity index (χ0n) is 15.3. The Bertz CT molecular complexity index is 403. The lowest BCUT2D eigenvalue weighted by molar-refractivity contribution is 0.164. The Morgan fingerprint density at radius 2 is 1.33 bits per heavy atom. The number of hydrogen-bond donors (Lipinski definition) is 0. The lowest BCUT2D eigenvalue weighted by Gasteiger charge is -2.23. The van der Waals surface area contributed by atoms with E-state index in [1.165, 1.54) is 26.4 Å². The molecule has 0 aromatic carbocycles. The topological polar surface area (TPSA) is 105 Å². The summed E-state index contributed by atoms with van der Waals surface area (Å²) >= 11 is 0. The molecule has 0 aliphatic heterocycles. The summed E-state index contributed by atoms with van der Waals surface area (Å²) in [7, 11) is -0.0236. The second-order valence-electron chi connectivity index (χ2n) is 4.57. The second-order valence-corrected chi connectivity index (χ2v) is 11.0. The third kappa shape index (κ3) is 11.5. The van der Waals surface area contributed by atoms with Crippen molar-refractivity contribution in [3.8, 4) is 0 Å². The summed E-state index contributed by atoms with van der Waals surface area (Å²) in [6.45, 7) is 6.87. The molecule has 0 unspecified atom stereocenters. The molecule has 0 saturated carbocycles. The lowest BCUT2D eigenvalue weighted by Crippen LogP contribution is -2.49. The van der Waals surface area contributed by atoms with Crippen molar-refractivity contribution in [2.45, 2.75) is 20.4 Å². The van der Waals surface area contributed by atoms with Gasteiger partial charge in [0.25, 0.3) is 0 Å². The maximum atomic E-state index is 9.88. The average Bonchev–Trinajstić information content (AvgIpc) is 2.58. The van der Waals surface area contributed by atoms with Gasteiger partial charge in [0.1, 0.15) is 0 Å². The van der Waals surface area contributed by atoms with E-state index in [0.717, 1.165) is 0 Å². The third-order valence-corrected chi connectivity index (χ3v) is 8.21. The van der Waals surface area contributed by atoms with Gasteiger partial charge in [0, 0.05) is 34.5 Å². The summed E-state index contributed by atoms with van der Waals surface area (Å²) in [5.41, 5.74) is 0. The molecule has 0 heterocycles. The minimum absolute atomic E-state index is 0.220. The van der Waals surface area contributed by atoms with Crippen LogP contribution in [-0.2, 0) is 32.0 Å². The van der Waals surface area contributed by atoms with Crippen molar-refractivity contribution in [3.63, 3.8) is 0 Å². The fourth-order valence-corrected chi connectivity index (χ4v) is 5.00. The number of ether oxygens (including phenoxy) is 1. The minimum Gasteiger partial charge on any atom is -0.395 e. The van der Waals surface area contributed by atoms with Crippen LogP contribution < -0.4 is 0 Å². The van der Waals surface area contributed by atoms with E-state index in [2.05, 4.69) is 9.98 Å². The summed E-state index contributed by atoms with van der Waals surface area (Å²) < 4.78 is 26.0. The highest BCUT2D eigenvalue weighted by Crippen LogP contribution is 2.07. The number of aliphatic imine (C=N–C) groups is 2. The molecule has 0 saturated heterocycles. The van der Waals surface area contributed by atoms with Crippen molar-refractivity contribution in [1.82, 2.24) is 0 Å². The van der Waals surface area contributed by atoms with Crippen LogP contribution in [0, 0.1) is 0 Å². The van der Waals surface area contributed by atoms with Crippen LogP contribution in [0.2, 0.25) is 6.55 Å². The lowest BCUT2D eigenvalue weighted by atomic mass is 10.9. The van der Waals surface area contributed by atoms with Gasteiger partial charge in [0.05, 0.1) is 18.6 Å². The van der Waals surface area contributed by atoms with E-state index >= 15 is 0 Å². The van der Waals surface area contributed by atoms with Gasteiger partial charge in [0.2, 0.25) is 12.2 Å². The first-order valence-corrected chi connectivity index (χ1v) is 12.1. The quantitative estimate of drug-likeness (QED) is 0.280. The van der Waals surface area contributed by atoms with Gasteiger partial charge in [-0.15, -0.1) is 0 Å². The molecule has 9 nitrogen and oxygen atoms in total. The number of rotatable bonds is 12. The maximum Gasteiger partial charge on any atom is 0.387 e. The molecular formula is C13H28N2O7Si2. The molecule has 24 heavy (non-hydrogen) atoms. The van der Waals surface area contributed by atoms with Crippen LogP contribution in [0.4, 0.5) is 0 Å². The fourth-order valence-electron chi connectivity index (χ4n) is 1.67. The Hall–Kier alpha value is -1.01. The summed E-state index contributed by atoms with van der Waals surface area (Å²) in [5.74, 6) is 0. The largest absolute Gasteiger partial charge is 0.395 e. The highest BCUT2D eigenvalue weighted by Gasteiger charge is 2.35. The monoisotopic (exact) mass is 380 g/mol. The Morgan fingerprint density at radius 1 is 0.875 bits per heavy atom. The van der Waals surface area contributed by atoms with E-state index in [-0.39, 0.29) is 6.17 Å². The van der Waals surface area contributed by atoms with Gasteiger partial charge in [0.15, 0.2) is 0 Å². The highest BCUT2D eigenvalue weighted by atomic mass is 28.4. The van der Waals surface area contributed by atoms with E-state index in [4.69, 9.17) is 22.4 Å². The molecule has 0 spiro atoms. The SMILES string of the molecule is CCO[Si](C)(CN=C=O)OCC.COC[Si](CN=C=O)(OC)OC. The van der Waals surface area contributed by atoms with E-state index in [9.17, 15) is 9.59 Å². The standard InChI is InChI=1S/C7H15NO3Si.C6H13NO4Si/c1-4-10-12(3,11-5-2)7-8-6-9;1-9-6-12(10-2,11-3)5-7-4-8/h4-5,7H2,1-3H3;5-6H2,1-3H3. The molecule has 11 heteroatoms. The second kappa shape index (κ2) is 15.5. The molecule has 0 aromatic rings. The Labute approximate surface area is 145 Å². The molecule has 0 N–H and O–H groups in total. The molecule has 0 atom stereocenters. The van der Waals surface area contributed by atoms with Crippen LogP contribution in [0.15, 0.2) is 9.98 Å². The van der Waals surface area contributed by atoms with Crippen LogP contribution >= 0.6 is 0 Å². The Morgan fingerprint density at radius 3 is 1.67 bits per heavy atom. The van der Waals surface area contributed by atoms with E-state index < -0.39 is 17.1 Å². The first kappa shape index (κ1) is 25.2. The van der Waals surface area contributed by atoms with Gasteiger partial charge >= 0.3 is 17.1 Å². The molecule has 0 fully saturated rings. The van der Waals surface area contributed by atoms with Crippen LogP contribution in [0.5, 0.6) is 0 Å².